The minimum absolute atomic E-state index is 0.389. The van der Waals surface area contributed by atoms with Crippen molar-refractivity contribution >= 4 is 9.84 Å². The van der Waals surface area contributed by atoms with Crippen LogP contribution in [0.4, 0.5) is 0 Å². The molecule has 0 saturated carbocycles. The zero-order valence-electron chi connectivity index (χ0n) is 10.1. The lowest BCUT2D eigenvalue weighted by molar-refractivity contribution is 0.357. The van der Waals surface area contributed by atoms with E-state index in [0.29, 0.717) is 4.90 Å². The van der Waals surface area contributed by atoms with Crippen LogP contribution in [0.5, 0.6) is 0 Å². The molecule has 0 aliphatic rings. The van der Waals surface area contributed by atoms with Crippen LogP contribution in [0.3, 0.4) is 0 Å². The van der Waals surface area contributed by atoms with Gasteiger partial charge in [-0.1, -0.05) is 19.1 Å². The summed E-state index contributed by atoms with van der Waals surface area (Å²) < 4.78 is 22.5. The fourth-order valence-corrected chi connectivity index (χ4v) is 2.01. The van der Waals surface area contributed by atoms with E-state index in [4.69, 9.17) is 0 Å². The van der Waals surface area contributed by atoms with Crippen molar-refractivity contribution in [3.8, 4) is 0 Å². The molecule has 1 aromatic rings. The van der Waals surface area contributed by atoms with E-state index in [-0.39, 0.29) is 0 Å². The Labute approximate surface area is 98.0 Å². The monoisotopic (exact) mass is 241 g/mol. The van der Waals surface area contributed by atoms with Gasteiger partial charge in [-0.2, -0.15) is 0 Å². The fourth-order valence-electron chi connectivity index (χ4n) is 1.38. The highest BCUT2D eigenvalue weighted by atomic mass is 32.2. The molecule has 0 aromatic heterocycles. The minimum Gasteiger partial charge on any atom is -0.306 e. The lowest BCUT2D eigenvalue weighted by Gasteiger charge is -2.13. The Morgan fingerprint density at radius 2 is 1.75 bits per heavy atom. The summed E-state index contributed by atoms with van der Waals surface area (Å²) in [5.74, 6) is 0. The van der Waals surface area contributed by atoms with Gasteiger partial charge in [0.05, 0.1) is 4.90 Å². The van der Waals surface area contributed by atoms with E-state index >= 15 is 0 Å². The number of likely N-dealkylation sites (N-methyl/N-ethyl adjacent to an activating group) is 1. The molecule has 0 spiro atoms. The average Bonchev–Trinajstić information content (AvgIpc) is 2.25. The highest BCUT2D eigenvalue weighted by Crippen LogP contribution is 2.10. The normalized spacial score (nSPS) is 12.0. The molecule has 0 aliphatic heterocycles. The molecule has 0 fully saturated rings. The zero-order chi connectivity index (χ0) is 12.2. The Hall–Kier alpha value is -0.870. The van der Waals surface area contributed by atoms with Crippen LogP contribution < -0.4 is 0 Å². The van der Waals surface area contributed by atoms with Crippen LogP contribution in [0.15, 0.2) is 29.2 Å². The first-order valence-electron chi connectivity index (χ1n) is 5.41. The van der Waals surface area contributed by atoms with Gasteiger partial charge in [0, 0.05) is 12.8 Å². The van der Waals surface area contributed by atoms with Crippen molar-refractivity contribution in [1.82, 2.24) is 4.90 Å². The van der Waals surface area contributed by atoms with E-state index in [1.54, 1.807) is 12.1 Å². The van der Waals surface area contributed by atoms with Crippen LogP contribution in [0.2, 0.25) is 0 Å². The third-order valence-corrected chi connectivity index (χ3v) is 3.80. The fraction of sp³-hybridized carbons (Fsp3) is 0.500. The van der Waals surface area contributed by atoms with Crippen LogP contribution in [-0.4, -0.2) is 39.7 Å². The molecule has 0 heterocycles. The Morgan fingerprint density at radius 3 is 2.19 bits per heavy atom. The summed E-state index contributed by atoms with van der Waals surface area (Å²) in [7, 11) is -0.992. The van der Waals surface area contributed by atoms with Gasteiger partial charge in [0.2, 0.25) is 0 Å². The Morgan fingerprint density at radius 1 is 1.19 bits per heavy atom. The van der Waals surface area contributed by atoms with Crippen molar-refractivity contribution in [1.29, 1.82) is 0 Å². The average molecular weight is 241 g/mol. The van der Waals surface area contributed by atoms with E-state index in [1.807, 2.05) is 12.1 Å². The van der Waals surface area contributed by atoms with Crippen LogP contribution >= 0.6 is 0 Å². The molecule has 16 heavy (non-hydrogen) atoms. The highest BCUT2D eigenvalue weighted by molar-refractivity contribution is 7.90. The molecule has 0 radical (unpaired) electrons. The first-order chi connectivity index (χ1) is 7.43. The van der Waals surface area contributed by atoms with Gasteiger partial charge in [-0.25, -0.2) is 8.42 Å². The molecular formula is C12H19NO2S. The van der Waals surface area contributed by atoms with Crippen LogP contribution in [-0.2, 0) is 16.3 Å². The summed E-state index contributed by atoms with van der Waals surface area (Å²) in [5, 5.41) is 0. The summed E-state index contributed by atoms with van der Waals surface area (Å²) >= 11 is 0. The molecule has 1 aromatic carbocycles. The molecular weight excluding hydrogens is 222 g/mol. The van der Waals surface area contributed by atoms with Crippen molar-refractivity contribution in [3.63, 3.8) is 0 Å². The second kappa shape index (κ2) is 5.46. The van der Waals surface area contributed by atoms with Crippen molar-refractivity contribution in [2.24, 2.45) is 0 Å². The standard InChI is InChI=1S/C12H19NO2S/c1-4-13(2)10-9-11-5-7-12(8-6-11)16(3,14)15/h5-8H,4,9-10H2,1-3H3. The molecule has 4 heteroatoms. The molecule has 3 nitrogen and oxygen atoms in total. The Balaban J connectivity index is 2.66. The Bertz CT molecular complexity index is 423. The number of benzene rings is 1. The van der Waals surface area contributed by atoms with Crippen LogP contribution in [0, 0.1) is 0 Å². The quantitative estimate of drug-likeness (QED) is 0.785. The van der Waals surface area contributed by atoms with E-state index < -0.39 is 9.84 Å². The second-order valence-corrected chi connectivity index (χ2v) is 6.08. The van der Waals surface area contributed by atoms with Gasteiger partial charge >= 0.3 is 0 Å². The third-order valence-electron chi connectivity index (χ3n) is 2.67. The molecule has 0 N–H and O–H groups in total. The van der Waals surface area contributed by atoms with Gasteiger partial charge in [0.15, 0.2) is 9.84 Å². The van der Waals surface area contributed by atoms with Gasteiger partial charge in [-0.15, -0.1) is 0 Å². The molecule has 0 atom stereocenters. The summed E-state index contributed by atoms with van der Waals surface area (Å²) in [4.78, 5) is 2.62. The van der Waals surface area contributed by atoms with Crippen LogP contribution in [0.1, 0.15) is 12.5 Å². The first kappa shape index (κ1) is 13.2. The van der Waals surface area contributed by atoms with Gasteiger partial charge in [0.1, 0.15) is 0 Å². The van der Waals surface area contributed by atoms with Gasteiger partial charge < -0.3 is 4.90 Å². The van der Waals surface area contributed by atoms with E-state index in [9.17, 15) is 8.42 Å². The van der Waals surface area contributed by atoms with Crippen molar-refractivity contribution < 1.29 is 8.42 Å². The lowest BCUT2D eigenvalue weighted by atomic mass is 10.1. The summed E-state index contributed by atoms with van der Waals surface area (Å²) in [6.07, 6.45) is 2.18. The maximum Gasteiger partial charge on any atom is 0.175 e. The predicted molar refractivity (Wildman–Crippen MR) is 66.4 cm³/mol. The highest BCUT2D eigenvalue weighted by Gasteiger charge is 2.06. The predicted octanol–water partition coefficient (Wildman–Crippen LogP) is 1.58. The second-order valence-electron chi connectivity index (χ2n) is 4.06. The topological polar surface area (TPSA) is 37.4 Å². The molecule has 0 saturated heterocycles. The van der Waals surface area contributed by atoms with E-state index in [2.05, 4.69) is 18.9 Å². The van der Waals surface area contributed by atoms with Gasteiger partial charge in [0.25, 0.3) is 0 Å². The molecule has 0 amide bonds. The summed E-state index contributed by atoms with van der Waals surface area (Å²) in [6.45, 7) is 4.14. The summed E-state index contributed by atoms with van der Waals surface area (Å²) in [6, 6.07) is 7.13. The molecule has 0 unspecified atom stereocenters. The minimum atomic E-state index is -3.07. The maximum atomic E-state index is 11.2. The SMILES string of the molecule is CCN(C)CCc1ccc(S(C)(=O)=O)cc1. The molecule has 0 aliphatic carbocycles. The number of sulfone groups is 1. The number of nitrogens with zero attached hydrogens (tertiary/aromatic N) is 1. The third kappa shape index (κ3) is 3.94. The van der Waals surface area contributed by atoms with Crippen molar-refractivity contribution in [2.45, 2.75) is 18.2 Å². The number of hydrogen-bond donors (Lipinski definition) is 0. The maximum absolute atomic E-state index is 11.2. The smallest absolute Gasteiger partial charge is 0.175 e. The first-order valence-corrected chi connectivity index (χ1v) is 7.30. The largest absolute Gasteiger partial charge is 0.306 e. The van der Waals surface area contributed by atoms with Gasteiger partial charge in [-0.05, 0) is 37.7 Å². The van der Waals surface area contributed by atoms with Gasteiger partial charge in [-0.3, -0.25) is 0 Å². The van der Waals surface area contributed by atoms with Crippen molar-refractivity contribution in [2.75, 3.05) is 26.4 Å². The van der Waals surface area contributed by atoms with Crippen molar-refractivity contribution in [3.05, 3.63) is 29.8 Å². The Kier molecular flexibility index (Phi) is 4.50. The molecule has 90 valence electrons. The lowest BCUT2D eigenvalue weighted by Crippen LogP contribution is -2.20. The molecule has 0 bridgehead atoms. The van der Waals surface area contributed by atoms with E-state index in [1.165, 1.54) is 11.8 Å². The summed E-state index contributed by atoms with van der Waals surface area (Å²) in [5.41, 5.74) is 1.17. The van der Waals surface area contributed by atoms with E-state index in [0.717, 1.165) is 19.5 Å². The number of rotatable bonds is 5. The zero-order valence-corrected chi connectivity index (χ0v) is 10.9. The van der Waals surface area contributed by atoms with Crippen LogP contribution in [0.25, 0.3) is 0 Å². The number of hydrogen-bond acceptors (Lipinski definition) is 3. The molecule has 1 rings (SSSR count).